The van der Waals surface area contributed by atoms with Crippen molar-refractivity contribution in [2.45, 2.75) is 44.6 Å². The monoisotopic (exact) mass is 394 g/mol. The van der Waals surface area contributed by atoms with Gasteiger partial charge in [0.1, 0.15) is 5.75 Å². The van der Waals surface area contributed by atoms with Crippen LogP contribution in [0.25, 0.3) is 0 Å². The molecule has 1 fully saturated rings. The van der Waals surface area contributed by atoms with E-state index in [-0.39, 0.29) is 0 Å². The van der Waals surface area contributed by atoms with Crippen LogP contribution in [0, 0.1) is 5.92 Å². The molecular formula is C14H17Br2ClO. The first-order chi connectivity index (χ1) is 8.60. The van der Waals surface area contributed by atoms with Crippen LogP contribution < -0.4 is 4.74 Å². The van der Waals surface area contributed by atoms with Crippen molar-refractivity contribution in [1.29, 1.82) is 0 Å². The fourth-order valence-corrected chi connectivity index (χ4v) is 3.94. The van der Waals surface area contributed by atoms with Gasteiger partial charge in [0, 0.05) is 5.88 Å². The van der Waals surface area contributed by atoms with Gasteiger partial charge in [0.25, 0.3) is 0 Å². The van der Waals surface area contributed by atoms with Gasteiger partial charge in [-0.05, 0) is 81.2 Å². The molecule has 1 aliphatic carbocycles. The SMILES string of the molecule is CC1CCC(Oc2c(Br)cc(CCl)cc2Br)CC1. The molecule has 1 aromatic carbocycles. The first-order valence-corrected chi connectivity index (χ1v) is 8.42. The molecule has 0 aromatic heterocycles. The van der Waals surface area contributed by atoms with Crippen molar-refractivity contribution < 1.29 is 4.74 Å². The summed E-state index contributed by atoms with van der Waals surface area (Å²) in [5, 5.41) is 0. The Labute approximate surface area is 130 Å². The van der Waals surface area contributed by atoms with Crippen LogP contribution in [0.2, 0.25) is 0 Å². The number of hydrogen-bond acceptors (Lipinski definition) is 1. The molecule has 0 unspecified atom stereocenters. The van der Waals surface area contributed by atoms with Crippen LogP contribution in [-0.2, 0) is 5.88 Å². The van der Waals surface area contributed by atoms with Crippen molar-refractivity contribution in [3.05, 3.63) is 26.6 Å². The zero-order valence-corrected chi connectivity index (χ0v) is 14.3. The van der Waals surface area contributed by atoms with Crippen molar-refractivity contribution >= 4 is 43.5 Å². The Morgan fingerprint density at radius 2 is 1.72 bits per heavy atom. The average Bonchev–Trinajstić information content (AvgIpc) is 2.35. The largest absolute Gasteiger partial charge is 0.488 e. The molecule has 0 aliphatic heterocycles. The van der Waals surface area contributed by atoms with Crippen LogP contribution in [0.3, 0.4) is 0 Å². The molecule has 18 heavy (non-hydrogen) atoms. The Morgan fingerprint density at radius 3 is 2.22 bits per heavy atom. The summed E-state index contributed by atoms with van der Waals surface area (Å²) in [7, 11) is 0. The lowest BCUT2D eigenvalue weighted by Crippen LogP contribution is -2.23. The summed E-state index contributed by atoms with van der Waals surface area (Å²) in [4.78, 5) is 0. The number of benzene rings is 1. The van der Waals surface area contributed by atoms with Gasteiger partial charge in [-0.1, -0.05) is 6.92 Å². The van der Waals surface area contributed by atoms with E-state index in [0.717, 1.165) is 39.0 Å². The van der Waals surface area contributed by atoms with Gasteiger partial charge >= 0.3 is 0 Å². The van der Waals surface area contributed by atoms with Crippen molar-refractivity contribution in [2.75, 3.05) is 0 Å². The molecule has 1 saturated carbocycles. The van der Waals surface area contributed by atoms with Crippen LogP contribution in [0.15, 0.2) is 21.1 Å². The number of ether oxygens (including phenoxy) is 1. The number of rotatable bonds is 3. The number of halogens is 3. The van der Waals surface area contributed by atoms with Gasteiger partial charge < -0.3 is 4.74 Å². The van der Waals surface area contributed by atoms with E-state index < -0.39 is 0 Å². The van der Waals surface area contributed by atoms with E-state index in [1.807, 2.05) is 12.1 Å². The molecule has 1 nitrogen and oxygen atoms in total. The highest BCUT2D eigenvalue weighted by molar-refractivity contribution is 9.11. The molecule has 0 spiro atoms. The van der Waals surface area contributed by atoms with Gasteiger partial charge in [-0.3, -0.25) is 0 Å². The minimum Gasteiger partial charge on any atom is -0.488 e. The molecule has 100 valence electrons. The molecular weight excluding hydrogens is 379 g/mol. The molecule has 1 aliphatic rings. The Kier molecular flexibility index (Phi) is 5.40. The van der Waals surface area contributed by atoms with Crippen LogP contribution >= 0.6 is 43.5 Å². The Morgan fingerprint density at radius 1 is 1.17 bits per heavy atom. The number of hydrogen-bond donors (Lipinski definition) is 0. The maximum absolute atomic E-state index is 6.13. The van der Waals surface area contributed by atoms with Gasteiger partial charge in [0.2, 0.25) is 0 Å². The lowest BCUT2D eigenvalue weighted by molar-refractivity contribution is 0.134. The first-order valence-electron chi connectivity index (χ1n) is 6.30. The summed E-state index contributed by atoms with van der Waals surface area (Å²) in [5.74, 6) is 2.26. The first kappa shape index (κ1) is 14.7. The third-order valence-corrected chi connectivity index (χ3v) is 4.95. The smallest absolute Gasteiger partial charge is 0.148 e. The predicted octanol–water partition coefficient (Wildman–Crippen LogP) is 5.91. The Hall–Kier alpha value is 0.270. The lowest BCUT2D eigenvalue weighted by Gasteiger charge is -2.27. The molecule has 0 radical (unpaired) electrons. The molecule has 4 heteroatoms. The molecule has 0 amide bonds. The van der Waals surface area contributed by atoms with Crippen LogP contribution in [-0.4, -0.2) is 6.10 Å². The van der Waals surface area contributed by atoms with Gasteiger partial charge in [0.05, 0.1) is 15.0 Å². The van der Waals surface area contributed by atoms with Gasteiger partial charge in [0.15, 0.2) is 0 Å². The van der Waals surface area contributed by atoms with E-state index in [2.05, 4.69) is 38.8 Å². The second kappa shape index (κ2) is 6.62. The standard InChI is InChI=1S/C14H17Br2ClO/c1-9-2-4-11(5-3-9)18-14-12(15)6-10(8-17)7-13(14)16/h6-7,9,11H,2-5,8H2,1H3. The molecule has 0 heterocycles. The summed E-state index contributed by atoms with van der Waals surface area (Å²) in [6, 6.07) is 4.05. The van der Waals surface area contributed by atoms with Crippen LogP contribution in [0.5, 0.6) is 5.75 Å². The highest BCUT2D eigenvalue weighted by Crippen LogP contribution is 2.38. The Balaban J connectivity index is 2.09. The van der Waals surface area contributed by atoms with Crippen molar-refractivity contribution in [3.8, 4) is 5.75 Å². The zero-order valence-electron chi connectivity index (χ0n) is 10.4. The fourth-order valence-electron chi connectivity index (χ4n) is 2.32. The lowest BCUT2D eigenvalue weighted by atomic mass is 9.89. The van der Waals surface area contributed by atoms with E-state index in [1.54, 1.807) is 0 Å². The average molecular weight is 397 g/mol. The normalized spacial score (nSPS) is 24.0. The van der Waals surface area contributed by atoms with E-state index in [1.165, 1.54) is 12.8 Å². The van der Waals surface area contributed by atoms with Crippen LogP contribution in [0.1, 0.15) is 38.2 Å². The quantitative estimate of drug-likeness (QED) is 0.577. The molecule has 0 N–H and O–H groups in total. The molecule has 0 bridgehead atoms. The van der Waals surface area contributed by atoms with Gasteiger partial charge in [-0.15, -0.1) is 11.6 Å². The molecule has 1 aromatic rings. The van der Waals surface area contributed by atoms with Crippen molar-refractivity contribution in [2.24, 2.45) is 5.92 Å². The van der Waals surface area contributed by atoms with Crippen molar-refractivity contribution in [3.63, 3.8) is 0 Å². The maximum Gasteiger partial charge on any atom is 0.148 e. The van der Waals surface area contributed by atoms with E-state index in [9.17, 15) is 0 Å². The Bertz CT molecular complexity index is 391. The van der Waals surface area contributed by atoms with Crippen molar-refractivity contribution in [1.82, 2.24) is 0 Å². The highest BCUT2D eigenvalue weighted by Gasteiger charge is 2.21. The zero-order chi connectivity index (χ0) is 13.1. The summed E-state index contributed by atoms with van der Waals surface area (Å²) in [6.45, 7) is 2.32. The summed E-state index contributed by atoms with van der Waals surface area (Å²) >= 11 is 13.0. The molecule has 0 atom stereocenters. The second-order valence-electron chi connectivity index (χ2n) is 5.02. The second-order valence-corrected chi connectivity index (χ2v) is 7.00. The van der Waals surface area contributed by atoms with E-state index >= 15 is 0 Å². The third kappa shape index (κ3) is 3.64. The summed E-state index contributed by atoms with van der Waals surface area (Å²) in [5.41, 5.74) is 1.08. The minimum absolute atomic E-state index is 0.343. The minimum atomic E-state index is 0.343. The fraction of sp³-hybridized carbons (Fsp3) is 0.571. The highest BCUT2D eigenvalue weighted by atomic mass is 79.9. The van der Waals surface area contributed by atoms with Gasteiger partial charge in [-0.2, -0.15) is 0 Å². The number of alkyl halides is 1. The maximum atomic E-state index is 6.13. The van der Waals surface area contributed by atoms with Crippen LogP contribution in [0.4, 0.5) is 0 Å². The molecule has 2 rings (SSSR count). The third-order valence-electron chi connectivity index (χ3n) is 3.46. The topological polar surface area (TPSA) is 9.23 Å². The molecule has 0 saturated heterocycles. The summed E-state index contributed by atoms with van der Waals surface area (Å²) < 4.78 is 8.08. The van der Waals surface area contributed by atoms with E-state index in [0.29, 0.717) is 12.0 Å². The summed E-state index contributed by atoms with van der Waals surface area (Å²) in [6.07, 6.45) is 5.17. The van der Waals surface area contributed by atoms with E-state index in [4.69, 9.17) is 16.3 Å². The predicted molar refractivity (Wildman–Crippen MR) is 83.4 cm³/mol. The van der Waals surface area contributed by atoms with Gasteiger partial charge in [-0.25, -0.2) is 0 Å².